The normalized spacial score (nSPS) is 10.2. The summed E-state index contributed by atoms with van der Waals surface area (Å²) in [5, 5.41) is 10.9. The fourth-order valence-electron chi connectivity index (χ4n) is 1.71. The van der Waals surface area contributed by atoms with Crippen molar-refractivity contribution in [1.29, 1.82) is 0 Å². The van der Waals surface area contributed by atoms with E-state index in [1.165, 1.54) is 12.1 Å². The van der Waals surface area contributed by atoms with Crippen LogP contribution in [0.25, 0.3) is 0 Å². The van der Waals surface area contributed by atoms with E-state index in [1.54, 1.807) is 38.3 Å². The molecule has 6 heteroatoms. The Balaban J connectivity index is 2.30. The minimum Gasteiger partial charge on any atom is -0.497 e. The van der Waals surface area contributed by atoms with Crippen LogP contribution in [0.2, 0.25) is 5.02 Å². The molecule has 0 amide bonds. The lowest BCUT2D eigenvalue weighted by Gasteiger charge is -2.11. The maximum absolute atomic E-state index is 10.7. The van der Waals surface area contributed by atoms with Crippen molar-refractivity contribution < 1.29 is 14.4 Å². The third-order valence-corrected chi connectivity index (χ3v) is 2.98. The van der Waals surface area contributed by atoms with E-state index in [0.29, 0.717) is 22.8 Å². The number of halogens is 1. The lowest BCUT2D eigenvalue weighted by Crippen LogP contribution is -1.93. The molecule has 5 nitrogen and oxygen atoms in total. The van der Waals surface area contributed by atoms with Gasteiger partial charge in [0.25, 0.3) is 5.69 Å². The summed E-state index contributed by atoms with van der Waals surface area (Å²) in [6.07, 6.45) is 0. The van der Waals surface area contributed by atoms with Gasteiger partial charge in [-0.25, -0.2) is 0 Å². The smallest absolute Gasteiger partial charge is 0.271 e. The average Bonchev–Trinajstić information content (AvgIpc) is 2.43. The molecule has 0 aromatic heterocycles. The zero-order valence-corrected chi connectivity index (χ0v) is 11.7. The van der Waals surface area contributed by atoms with Crippen molar-refractivity contribution in [2.45, 2.75) is 6.92 Å². The molecule has 104 valence electrons. The molecule has 0 saturated carbocycles. The lowest BCUT2D eigenvalue weighted by atomic mass is 10.2. The van der Waals surface area contributed by atoms with E-state index in [0.717, 1.165) is 0 Å². The number of hydrogen-bond acceptors (Lipinski definition) is 4. The molecule has 0 radical (unpaired) electrons. The van der Waals surface area contributed by atoms with Crippen molar-refractivity contribution in [2.24, 2.45) is 0 Å². The predicted molar refractivity (Wildman–Crippen MR) is 75.9 cm³/mol. The highest BCUT2D eigenvalue weighted by Gasteiger charge is 2.15. The Morgan fingerprint density at radius 1 is 1.15 bits per heavy atom. The number of methoxy groups -OCH3 is 1. The fourth-order valence-corrected chi connectivity index (χ4v) is 2.01. The number of hydrogen-bond donors (Lipinski definition) is 0. The molecule has 0 aliphatic heterocycles. The molecule has 0 bridgehead atoms. The van der Waals surface area contributed by atoms with Gasteiger partial charge >= 0.3 is 0 Å². The number of rotatable bonds is 4. The van der Waals surface area contributed by atoms with Crippen molar-refractivity contribution in [2.75, 3.05) is 7.11 Å². The highest BCUT2D eigenvalue weighted by atomic mass is 35.5. The van der Waals surface area contributed by atoms with Crippen LogP contribution in [0.15, 0.2) is 36.4 Å². The van der Waals surface area contributed by atoms with Gasteiger partial charge < -0.3 is 9.47 Å². The van der Waals surface area contributed by atoms with Crippen LogP contribution >= 0.6 is 11.6 Å². The minimum atomic E-state index is -0.490. The summed E-state index contributed by atoms with van der Waals surface area (Å²) in [5.74, 6) is 1.69. The van der Waals surface area contributed by atoms with Gasteiger partial charge in [-0.3, -0.25) is 10.1 Å². The van der Waals surface area contributed by atoms with Crippen molar-refractivity contribution >= 4 is 17.3 Å². The molecule has 0 heterocycles. The number of nitro benzene ring substituents is 1. The van der Waals surface area contributed by atoms with Gasteiger partial charge in [-0.15, -0.1) is 0 Å². The van der Waals surface area contributed by atoms with E-state index in [9.17, 15) is 10.1 Å². The van der Waals surface area contributed by atoms with Crippen LogP contribution in [-0.2, 0) is 0 Å². The molecule has 2 aromatic rings. The summed E-state index contributed by atoms with van der Waals surface area (Å²) in [5.41, 5.74) is 0.537. The first-order valence-electron chi connectivity index (χ1n) is 5.77. The molecule has 0 unspecified atom stereocenters. The second kappa shape index (κ2) is 5.79. The predicted octanol–water partition coefficient (Wildman–Crippen LogP) is 4.36. The Hall–Kier alpha value is -2.27. The minimum absolute atomic E-state index is 0.0606. The van der Waals surface area contributed by atoms with E-state index in [1.807, 2.05) is 0 Å². The molecule has 0 saturated heterocycles. The van der Waals surface area contributed by atoms with Crippen LogP contribution in [-0.4, -0.2) is 12.0 Å². The van der Waals surface area contributed by atoms with Gasteiger partial charge in [0.2, 0.25) is 0 Å². The Morgan fingerprint density at radius 3 is 2.25 bits per heavy atom. The summed E-state index contributed by atoms with van der Waals surface area (Å²) in [6, 6.07) is 9.66. The summed E-state index contributed by atoms with van der Waals surface area (Å²) >= 11 is 6.03. The average molecular weight is 294 g/mol. The van der Waals surface area contributed by atoms with Crippen LogP contribution in [0.4, 0.5) is 5.69 Å². The Morgan fingerprint density at radius 2 is 1.75 bits per heavy atom. The van der Waals surface area contributed by atoms with E-state index in [2.05, 4.69) is 0 Å². The zero-order valence-electron chi connectivity index (χ0n) is 10.9. The number of nitro groups is 1. The maximum atomic E-state index is 10.7. The van der Waals surface area contributed by atoms with E-state index in [-0.39, 0.29) is 10.7 Å². The highest BCUT2D eigenvalue weighted by Crippen LogP contribution is 2.36. The van der Waals surface area contributed by atoms with E-state index < -0.39 is 4.92 Å². The van der Waals surface area contributed by atoms with Gasteiger partial charge in [-0.1, -0.05) is 11.6 Å². The lowest BCUT2D eigenvalue weighted by molar-refractivity contribution is -0.384. The number of non-ortho nitro benzene ring substituents is 1. The second-order valence-corrected chi connectivity index (χ2v) is 4.52. The molecule has 0 spiro atoms. The molecule has 0 N–H and O–H groups in total. The molecule has 0 aliphatic rings. The van der Waals surface area contributed by atoms with E-state index in [4.69, 9.17) is 21.1 Å². The Kier molecular flexibility index (Phi) is 4.10. The summed E-state index contributed by atoms with van der Waals surface area (Å²) in [4.78, 5) is 10.2. The van der Waals surface area contributed by atoms with Crippen molar-refractivity contribution in [1.82, 2.24) is 0 Å². The van der Waals surface area contributed by atoms with Gasteiger partial charge in [0.15, 0.2) is 0 Å². The van der Waals surface area contributed by atoms with Crippen LogP contribution in [0.3, 0.4) is 0 Å². The summed E-state index contributed by atoms with van der Waals surface area (Å²) in [6.45, 7) is 1.71. The molecule has 0 aliphatic carbocycles. The monoisotopic (exact) mass is 293 g/mol. The molecule has 0 fully saturated rings. The topological polar surface area (TPSA) is 61.6 Å². The van der Waals surface area contributed by atoms with Crippen LogP contribution < -0.4 is 9.47 Å². The first-order valence-corrected chi connectivity index (χ1v) is 6.15. The second-order valence-electron chi connectivity index (χ2n) is 4.11. The number of benzene rings is 2. The van der Waals surface area contributed by atoms with Crippen LogP contribution in [0.1, 0.15) is 5.56 Å². The molecular weight excluding hydrogens is 282 g/mol. The van der Waals surface area contributed by atoms with Gasteiger partial charge in [-0.2, -0.15) is 0 Å². The molecule has 2 aromatic carbocycles. The molecular formula is C14H12ClNO4. The molecule has 20 heavy (non-hydrogen) atoms. The quantitative estimate of drug-likeness (QED) is 0.621. The van der Waals surface area contributed by atoms with Crippen molar-refractivity contribution in [3.8, 4) is 17.2 Å². The van der Waals surface area contributed by atoms with Gasteiger partial charge in [0.05, 0.1) is 17.1 Å². The fraction of sp³-hybridized carbons (Fsp3) is 0.143. The maximum Gasteiger partial charge on any atom is 0.271 e. The molecule has 0 atom stereocenters. The highest BCUT2D eigenvalue weighted by molar-refractivity contribution is 6.32. The standard InChI is InChI=1S/C14H12ClNO4/c1-9-7-10(16(17)18)8-13(15)14(9)20-12-5-3-11(19-2)4-6-12/h3-8H,1-2H3. The number of aryl methyl sites for hydroxylation is 1. The SMILES string of the molecule is COc1ccc(Oc2c(C)cc([N+](=O)[O-])cc2Cl)cc1. The van der Waals surface area contributed by atoms with Gasteiger partial charge in [0, 0.05) is 17.7 Å². The third-order valence-electron chi connectivity index (χ3n) is 2.70. The van der Waals surface area contributed by atoms with E-state index >= 15 is 0 Å². The first-order chi connectivity index (χ1) is 9.51. The van der Waals surface area contributed by atoms with Crippen LogP contribution in [0.5, 0.6) is 17.2 Å². The van der Waals surface area contributed by atoms with Crippen molar-refractivity contribution in [3.63, 3.8) is 0 Å². The first kappa shape index (κ1) is 14.1. The number of nitrogens with zero attached hydrogens (tertiary/aromatic N) is 1. The Labute approximate surface area is 120 Å². The largest absolute Gasteiger partial charge is 0.497 e. The van der Waals surface area contributed by atoms with Crippen molar-refractivity contribution in [3.05, 3.63) is 57.1 Å². The third kappa shape index (κ3) is 3.00. The summed E-state index contributed by atoms with van der Waals surface area (Å²) < 4.78 is 10.7. The van der Waals surface area contributed by atoms with Crippen LogP contribution in [0, 0.1) is 17.0 Å². The van der Waals surface area contributed by atoms with Gasteiger partial charge in [0.1, 0.15) is 17.2 Å². The number of ether oxygens (including phenoxy) is 2. The zero-order chi connectivity index (χ0) is 14.7. The Bertz CT molecular complexity index is 617. The molecule has 2 rings (SSSR count). The van der Waals surface area contributed by atoms with Gasteiger partial charge in [-0.05, 0) is 31.2 Å². The summed E-state index contributed by atoms with van der Waals surface area (Å²) in [7, 11) is 1.58.